The highest BCUT2D eigenvalue weighted by molar-refractivity contribution is 5.82. The number of carbonyl (C=O) groups excluding carboxylic acids is 1. The first kappa shape index (κ1) is 20.6. The lowest BCUT2D eigenvalue weighted by atomic mass is 9.89. The number of nitrogens with zero attached hydrogens (tertiary/aromatic N) is 1. The van der Waals surface area contributed by atoms with Gasteiger partial charge in [-0.3, -0.25) is 9.69 Å². The summed E-state index contributed by atoms with van der Waals surface area (Å²) in [5.74, 6) is -1.30. The Hall–Kier alpha value is -1.66. The molecule has 146 valence electrons. The first-order valence-electron chi connectivity index (χ1n) is 9.42. The van der Waals surface area contributed by atoms with Crippen LogP contribution in [0.2, 0.25) is 0 Å². The second-order valence-electron chi connectivity index (χ2n) is 7.76. The third kappa shape index (κ3) is 5.42. The fourth-order valence-electron chi connectivity index (χ4n) is 4.27. The number of aliphatic hydroxyl groups is 1. The molecule has 0 saturated heterocycles. The van der Waals surface area contributed by atoms with Crippen LogP contribution < -0.4 is 0 Å². The Morgan fingerprint density at radius 2 is 2.04 bits per heavy atom. The van der Waals surface area contributed by atoms with Gasteiger partial charge in [-0.1, -0.05) is 12.2 Å². The van der Waals surface area contributed by atoms with Gasteiger partial charge in [0.2, 0.25) is 0 Å². The van der Waals surface area contributed by atoms with Crippen molar-refractivity contribution in [1.29, 1.82) is 0 Å². The maximum atomic E-state index is 11.9. The van der Waals surface area contributed by atoms with Crippen LogP contribution in [0.25, 0.3) is 0 Å². The highest BCUT2D eigenvalue weighted by atomic mass is 16.5. The summed E-state index contributed by atoms with van der Waals surface area (Å²) in [6.07, 6.45) is 10.0. The van der Waals surface area contributed by atoms with Gasteiger partial charge in [0.15, 0.2) is 0 Å². The number of rotatable bonds is 3. The zero-order valence-corrected chi connectivity index (χ0v) is 15.9. The molecular formula is C20H31NO5. The molecule has 1 unspecified atom stereocenters. The molecule has 0 bridgehead atoms. The van der Waals surface area contributed by atoms with E-state index in [-0.39, 0.29) is 23.9 Å². The van der Waals surface area contributed by atoms with Gasteiger partial charge in [-0.2, -0.15) is 0 Å². The summed E-state index contributed by atoms with van der Waals surface area (Å²) in [4.78, 5) is 25.3. The fourth-order valence-corrected chi connectivity index (χ4v) is 4.27. The molecule has 6 nitrogen and oxygen atoms in total. The molecule has 2 aliphatic rings. The van der Waals surface area contributed by atoms with Crippen LogP contribution in [0.4, 0.5) is 0 Å². The number of hydrogen-bond donors (Lipinski definition) is 2. The lowest BCUT2D eigenvalue weighted by molar-refractivity contribution is -0.144. The van der Waals surface area contributed by atoms with Crippen molar-refractivity contribution >= 4 is 11.9 Å². The average Bonchev–Trinajstić information content (AvgIpc) is 2.94. The maximum absolute atomic E-state index is 11.9. The molecule has 1 aliphatic heterocycles. The molecule has 6 atom stereocenters. The zero-order chi connectivity index (χ0) is 19.3. The van der Waals surface area contributed by atoms with E-state index in [1.54, 1.807) is 19.0 Å². The van der Waals surface area contributed by atoms with Crippen molar-refractivity contribution in [3.8, 4) is 0 Å². The van der Waals surface area contributed by atoms with E-state index in [0.717, 1.165) is 25.7 Å². The molecule has 0 spiro atoms. The summed E-state index contributed by atoms with van der Waals surface area (Å²) in [6.45, 7) is 1.87. The molecule has 6 heteroatoms. The summed E-state index contributed by atoms with van der Waals surface area (Å²) in [5.41, 5.74) is 0. The molecule has 2 N–H and O–H groups in total. The van der Waals surface area contributed by atoms with Gasteiger partial charge >= 0.3 is 11.9 Å². The molecule has 0 aromatic rings. The van der Waals surface area contributed by atoms with E-state index >= 15 is 0 Å². The number of carboxylic acids is 1. The van der Waals surface area contributed by atoms with Gasteiger partial charge in [-0.15, -0.1) is 0 Å². The number of allylic oxidation sites excluding steroid dienone is 2. The Balaban J connectivity index is 2.20. The lowest BCUT2D eigenvalue weighted by Gasteiger charge is -2.26. The topological polar surface area (TPSA) is 87.1 Å². The second-order valence-corrected chi connectivity index (χ2v) is 7.76. The van der Waals surface area contributed by atoms with Crippen LogP contribution >= 0.6 is 0 Å². The molecular weight excluding hydrogens is 334 g/mol. The number of likely N-dealkylation sites (N-methyl/N-ethyl adjacent to an activating group) is 1. The fraction of sp³-hybridized carbons (Fsp3) is 0.700. The first-order valence-corrected chi connectivity index (χ1v) is 9.42. The van der Waals surface area contributed by atoms with Crippen LogP contribution in [0.5, 0.6) is 0 Å². The van der Waals surface area contributed by atoms with Crippen LogP contribution in [0, 0.1) is 17.8 Å². The molecule has 0 aromatic carbocycles. The molecule has 1 aliphatic carbocycles. The molecule has 0 radical (unpaired) electrons. The van der Waals surface area contributed by atoms with E-state index in [1.165, 1.54) is 12.2 Å². The van der Waals surface area contributed by atoms with E-state index < -0.39 is 24.1 Å². The predicted octanol–water partition coefficient (Wildman–Crippen LogP) is 2.23. The van der Waals surface area contributed by atoms with Crippen LogP contribution in [-0.4, -0.2) is 59.4 Å². The van der Waals surface area contributed by atoms with E-state index in [1.807, 2.05) is 6.92 Å². The van der Waals surface area contributed by atoms with Crippen molar-refractivity contribution in [3.63, 3.8) is 0 Å². The minimum Gasteiger partial charge on any atom is -0.480 e. The predicted molar refractivity (Wildman–Crippen MR) is 98.5 cm³/mol. The Morgan fingerprint density at radius 1 is 1.31 bits per heavy atom. The number of cyclic esters (lactones) is 1. The third-order valence-electron chi connectivity index (χ3n) is 5.51. The number of aliphatic hydroxyl groups excluding tert-OH is 1. The Kier molecular flexibility index (Phi) is 7.41. The number of aliphatic carboxylic acids is 1. The van der Waals surface area contributed by atoms with Crippen molar-refractivity contribution in [2.24, 2.45) is 17.8 Å². The minimum atomic E-state index is -0.833. The molecule has 26 heavy (non-hydrogen) atoms. The maximum Gasteiger partial charge on any atom is 0.330 e. The van der Waals surface area contributed by atoms with Crippen molar-refractivity contribution < 1.29 is 24.5 Å². The average molecular weight is 365 g/mol. The van der Waals surface area contributed by atoms with Crippen molar-refractivity contribution in [2.75, 3.05) is 14.1 Å². The van der Waals surface area contributed by atoms with Gasteiger partial charge < -0.3 is 14.9 Å². The number of esters is 1. The number of fused-ring (bicyclic) bond motifs is 1. The van der Waals surface area contributed by atoms with E-state index in [9.17, 15) is 19.8 Å². The van der Waals surface area contributed by atoms with Crippen LogP contribution in [-0.2, 0) is 14.3 Å². The summed E-state index contributed by atoms with van der Waals surface area (Å²) < 4.78 is 5.30. The van der Waals surface area contributed by atoms with Crippen LogP contribution in [0.3, 0.4) is 0 Å². The third-order valence-corrected chi connectivity index (χ3v) is 5.51. The zero-order valence-electron chi connectivity index (χ0n) is 15.9. The summed E-state index contributed by atoms with van der Waals surface area (Å²) in [7, 11) is 3.55. The summed E-state index contributed by atoms with van der Waals surface area (Å²) in [6, 6.07) is -0.572. The number of carboxylic acid groups (broad SMARTS) is 1. The molecule has 2 rings (SSSR count). The molecule has 0 amide bonds. The van der Waals surface area contributed by atoms with Gasteiger partial charge in [0.05, 0.1) is 12.2 Å². The molecule has 1 heterocycles. The lowest BCUT2D eigenvalue weighted by Crippen LogP contribution is -2.41. The second kappa shape index (κ2) is 9.33. The van der Waals surface area contributed by atoms with Gasteiger partial charge in [-0.05, 0) is 77.0 Å². The SMILES string of the molecule is C[C@H]1CCCC=C[C@@H]2C[C@H](C(C(=O)O)N(C)C)C[C@H]2[C@H](O)C=CC(=O)O1. The smallest absolute Gasteiger partial charge is 0.330 e. The van der Waals surface area contributed by atoms with Gasteiger partial charge in [0, 0.05) is 6.08 Å². The highest BCUT2D eigenvalue weighted by Crippen LogP contribution is 2.42. The van der Waals surface area contributed by atoms with E-state index in [2.05, 4.69) is 12.2 Å². The van der Waals surface area contributed by atoms with Gasteiger partial charge in [-0.25, -0.2) is 4.79 Å². The summed E-state index contributed by atoms with van der Waals surface area (Å²) in [5, 5.41) is 20.2. The minimum absolute atomic E-state index is 0.0370. The largest absolute Gasteiger partial charge is 0.480 e. The van der Waals surface area contributed by atoms with E-state index in [4.69, 9.17) is 4.74 Å². The standard InChI is InChI=1S/C20H31NO5/c1-13-7-5-4-6-8-14-11-15(19(20(24)25)21(2)3)12-16(14)17(22)9-10-18(23)26-13/h6,8-10,13-17,19,22H,4-5,7,11-12H2,1-3H3,(H,24,25)/t13-,14+,15-,16+,17+,19?/m0/s1. The van der Waals surface area contributed by atoms with Crippen LogP contribution in [0.15, 0.2) is 24.3 Å². The Labute approximate surface area is 155 Å². The normalized spacial score (nSPS) is 34.3. The first-order chi connectivity index (χ1) is 12.3. The number of ether oxygens (including phenoxy) is 1. The van der Waals surface area contributed by atoms with Crippen molar-refractivity contribution in [2.45, 2.75) is 57.3 Å². The van der Waals surface area contributed by atoms with E-state index in [0.29, 0.717) is 6.42 Å². The Bertz CT molecular complexity index is 556. The molecule has 1 saturated carbocycles. The quantitative estimate of drug-likeness (QED) is 0.589. The Morgan fingerprint density at radius 3 is 2.69 bits per heavy atom. The van der Waals surface area contributed by atoms with Crippen molar-refractivity contribution in [3.05, 3.63) is 24.3 Å². The molecule has 1 fully saturated rings. The van der Waals surface area contributed by atoms with Crippen molar-refractivity contribution in [1.82, 2.24) is 4.90 Å². The summed E-state index contributed by atoms with van der Waals surface area (Å²) >= 11 is 0. The van der Waals surface area contributed by atoms with Gasteiger partial charge in [0.25, 0.3) is 0 Å². The number of carbonyl (C=O) groups is 2. The number of hydrogen-bond acceptors (Lipinski definition) is 5. The van der Waals surface area contributed by atoms with Gasteiger partial charge in [0.1, 0.15) is 6.04 Å². The monoisotopic (exact) mass is 365 g/mol. The van der Waals surface area contributed by atoms with Crippen LogP contribution in [0.1, 0.15) is 39.0 Å². The molecule has 0 aromatic heterocycles. The highest BCUT2D eigenvalue weighted by Gasteiger charge is 2.42.